The number of hydrogen-bond donors (Lipinski definition) is 2. The van der Waals surface area contributed by atoms with E-state index < -0.39 is 34.6 Å². The third-order valence-electron chi connectivity index (χ3n) is 5.51. The molecule has 0 aliphatic carbocycles. The predicted octanol–water partition coefficient (Wildman–Crippen LogP) is 1.41. The van der Waals surface area contributed by atoms with E-state index in [-0.39, 0.29) is 11.7 Å². The van der Waals surface area contributed by atoms with Crippen molar-refractivity contribution in [1.29, 1.82) is 0 Å². The zero-order chi connectivity index (χ0) is 21.1. The lowest BCUT2D eigenvalue weighted by Crippen LogP contribution is -2.58. The van der Waals surface area contributed by atoms with Gasteiger partial charge in [-0.05, 0) is 41.9 Å². The first-order valence-corrected chi connectivity index (χ1v) is 11.5. The van der Waals surface area contributed by atoms with Gasteiger partial charge in [-0.3, -0.25) is 0 Å². The number of halogens is 2. The van der Waals surface area contributed by atoms with Gasteiger partial charge in [-0.25, -0.2) is 23.1 Å². The van der Waals surface area contributed by atoms with E-state index in [4.69, 9.17) is 5.11 Å². The van der Waals surface area contributed by atoms with E-state index in [1.807, 2.05) is 27.5 Å². The van der Waals surface area contributed by atoms with E-state index in [1.165, 1.54) is 26.5 Å². The summed E-state index contributed by atoms with van der Waals surface area (Å²) in [6.45, 7) is 0. The van der Waals surface area contributed by atoms with Crippen LogP contribution in [0.4, 0.5) is 15.0 Å². The van der Waals surface area contributed by atoms with Crippen LogP contribution in [0, 0.1) is 3.57 Å². The van der Waals surface area contributed by atoms with Crippen LogP contribution in [-0.2, 0) is 10.2 Å². The van der Waals surface area contributed by atoms with Gasteiger partial charge in [0, 0.05) is 26.3 Å². The second-order valence-corrected chi connectivity index (χ2v) is 10.6. The van der Waals surface area contributed by atoms with Crippen LogP contribution in [-0.4, -0.2) is 76.3 Å². The largest absolute Gasteiger partial charge is 0.465 e. The maximum atomic E-state index is 15.0. The lowest BCUT2D eigenvalue weighted by molar-refractivity contribution is 0.152. The van der Waals surface area contributed by atoms with Gasteiger partial charge in [0.15, 0.2) is 5.65 Å². The Morgan fingerprint density at radius 2 is 2.14 bits per heavy atom. The minimum absolute atomic E-state index is 0.0939. The molecule has 4 atom stereocenters. The van der Waals surface area contributed by atoms with Crippen molar-refractivity contribution in [2.75, 3.05) is 19.0 Å². The lowest BCUT2D eigenvalue weighted by atomic mass is 9.95. The molecule has 1 amide bonds. The van der Waals surface area contributed by atoms with Crippen LogP contribution in [0.1, 0.15) is 19.3 Å². The monoisotopic (exact) mass is 538 g/mol. The van der Waals surface area contributed by atoms with Crippen molar-refractivity contribution >= 4 is 55.9 Å². The highest BCUT2D eigenvalue weighted by molar-refractivity contribution is 14.1. The molecule has 13 heteroatoms. The van der Waals surface area contributed by atoms with E-state index in [9.17, 15) is 13.2 Å². The fourth-order valence-corrected chi connectivity index (χ4v) is 5.98. The third kappa shape index (κ3) is 3.32. The normalized spacial score (nSPS) is 27.0. The summed E-state index contributed by atoms with van der Waals surface area (Å²) in [5.74, 6) is 0.395. The van der Waals surface area contributed by atoms with Crippen LogP contribution in [0.3, 0.4) is 0 Å². The van der Waals surface area contributed by atoms with E-state index in [0.29, 0.717) is 34.2 Å². The Morgan fingerprint density at radius 1 is 1.41 bits per heavy atom. The zero-order valence-corrected chi connectivity index (χ0v) is 18.6. The molecule has 4 heterocycles. The van der Waals surface area contributed by atoms with Gasteiger partial charge in [0.25, 0.3) is 0 Å². The van der Waals surface area contributed by atoms with Crippen molar-refractivity contribution in [3.8, 4) is 0 Å². The first-order valence-electron chi connectivity index (χ1n) is 8.99. The Balaban J connectivity index is 1.75. The Bertz CT molecular complexity index is 1080. The molecule has 4 rings (SSSR count). The molecule has 2 aliphatic rings. The fourth-order valence-electron chi connectivity index (χ4n) is 4.20. The van der Waals surface area contributed by atoms with E-state index in [2.05, 4.69) is 15.3 Å². The summed E-state index contributed by atoms with van der Waals surface area (Å²) < 4.78 is 43.1. The number of rotatable bonds is 4. The van der Waals surface area contributed by atoms with Crippen LogP contribution < -0.4 is 10.2 Å². The molecule has 2 aliphatic heterocycles. The smallest absolute Gasteiger partial charge is 0.404 e. The second-order valence-electron chi connectivity index (χ2n) is 7.41. The number of carboxylic acid groups (broad SMARTS) is 1. The van der Waals surface area contributed by atoms with Crippen LogP contribution in [0.5, 0.6) is 0 Å². The van der Waals surface area contributed by atoms with Gasteiger partial charge in [-0.15, -0.1) is 0 Å². The van der Waals surface area contributed by atoms with Crippen molar-refractivity contribution < 1.29 is 22.7 Å². The maximum absolute atomic E-state index is 15.0. The highest BCUT2D eigenvalue weighted by Crippen LogP contribution is 2.40. The molecule has 2 fully saturated rings. The molecule has 0 spiro atoms. The summed E-state index contributed by atoms with van der Waals surface area (Å²) in [6.07, 6.45) is 1.94. The molecule has 2 saturated heterocycles. The SMILES string of the molecule is CN(C)S(=O)(=O)n1cc(I)c2ncc(N3[C@@H]4CC[C@H]3[C@@H](F)[C@@H](NC(=O)O)C4)nc21. The van der Waals surface area contributed by atoms with E-state index in [1.54, 1.807) is 0 Å². The molecule has 2 aromatic heterocycles. The molecular weight excluding hydrogens is 518 g/mol. The maximum Gasteiger partial charge on any atom is 0.404 e. The number of alkyl halides is 1. The topological polar surface area (TPSA) is 121 Å². The minimum Gasteiger partial charge on any atom is -0.465 e. The number of amides is 1. The van der Waals surface area contributed by atoms with Crippen LogP contribution in [0.15, 0.2) is 12.4 Å². The summed E-state index contributed by atoms with van der Waals surface area (Å²) in [7, 11) is -0.940. The molecule has 158 valence electrons. The van der Waals surface area contributed by atoms with Crippen LogP contribution in [0.2, 0.25) is 0 Å². The van der Waals surface area contributed by atoms with Crippen molar-refractivity contribution in [2.45, 2.75) is 43.6 Å². The molecule has 29 heavy (non-hydrogen) atoms. The van der Waals surface area contributed by atoms with Gasteiger partial charge in [0.05, 0.1) is 21.9 Å². The van der Waals surface area contributed by atoms with Gasteiger partial charge < -0.3 is 15.3 Å². The molecule has 2 bridgehead atoms. The van der Waals surface area contributed by atoms with Gasteiger partial charge >= 0.3 is 16.3 Å². The number of nitrogens with one attached hydrogen (secondary N) is 1. The zero-order valence-electron chi connectivity index (χ0n) is 15.7. The Kier molecular flexibility index (Phi) is 5.09. The minimum atomic E-state index is -3.80. The summed E-state index contributed by atoms with van der Waals surface area (Å²) >= 11 is 2.00. The van der Waals surface area contributed by atoms with E-state index in [0.717, 1.165) is 8.28 Å². The lowest BCUT2D eigenvalue weighted by Gasteiger charge is -2.41. The molecule has 0 saturated carbocycles. The molecule has 0 unspecified atom stereocenters. The van der Waals surface area contributed by atoms with Crippen molar-refractivity contribution in [2.24, 2.45) is 0 Å². The van der Waals surface area contributed by atoms with Crippen molar-refractivity contribution in [1.82, 2.24) is 23.6 Å². The fraction of sp³-hybridized carbons (Fsp3) is 0.562. The van der Waals surface area contributed by atoms with Crippen molar-refractivity contribution in [3.05, 3.63) is 16.0 Å². The summed E-state index contributed by atoms with van der Waals surface area (Å²) in [5, 5.41) is 11.2. The first kappa shape index (κ1) is 20.5. The molecule has 0 aromatic carbocycles. The summed E-state index contributed by atoms with van der Waals surface area (Å²) in [4.78, 5) is 21.7. The Morgan fingerprint density at radius 3 is 2.79 bits per heavy atom. The number of hydrogen-bond acceptors (Lipinski definition) is 6. The molecule has 10 nitrogen and oxygen atoms in total. The second kappa shape index (κ2) is 7.19. The average Bonchev–Trinajstić information content (AvgIpc) is 3.16. The highest BCUT2D eigenvalue weighted by atomic mass is 127. The first-order chi connectivity index (χ1) is 13.6. The van der Waals surface area contributed by atoms with Crippen molar-refractivity contribution in [3.63, 3.8) is 0 Å². The summed E-state index contributed by atoms with van der Waals surface area (Å²) in [6, 6.07) is -1.40. The number of anilines is 1. The standard InChI is InChI=1S/C16H20FIN6O4S/c1-22(2)29(27,28)23-7-9(18)14-15(23)21-12(6-19-14)24-8-3-4-11(24)13(17)10(5-8)20-16(25)26/h6-8,10-11,13,20H,3-5H2,1-2H3,(H,25,26)/t8-,10+,11+,13+/m1/s1. The van der Waals surface area contributed by atoms with Gasteiger partial charge in [0.1, 0.15) is 17.5 Å². The predicted molar refractivity (Wildman–Crippen MR) is 112 cm³/mol. The summed E-state index contributed by atoms with van der Waals surface area (Å²) in [5.41, 5.74) is 0.632. The molecule has 0 radical (unpaired) electrons. The number of carbonyl (C=O) groups is 1. The third-order valence-corrected chi connectivity index (χ3v) is 8.00. The molecular formula is C16H20FIN6O4S. The Hall–Kier alpha value is -1.74. The quantitative estimate of drug-likeness (QED) is 0.565. The van der Waals surface area contributed by atoms with Gasteiger partial charge in [-0.1, -0.05) is 0 Å². The number of aromatic nitrogens is 3. The number of nitrogens with zero attached hydrogens (tertiary/aromatic N) is 5. The van der Waals surface area contributed by atoms with Gasteiger partial charge in [0.2, 0.25) is 0 Å². The number of fused-ring (bicyclic) bond motifs is 3. The highest BCUT2D eigenvalue weighted by Gasteiger charge is 2.49. The van der Waals surface area contributed by atoms with Gasteiger partial charge in [-0.2, -0.15) is 12.7 Å². The number of piperidine rings is 1. The average molecular weight is 538 g/mol. The van der Waals surface area contributed by atoms with E-state index >= 15 is 4.39 Å². The molecule has 2 aromatic rings. The van der Waals surface area contributed by atoms with Crippen LogP contribution in [0.25, 0.3) is 11.2 Å². The Labute approximate surface area is 180 Å². The molecule has 2 N–H and O–H groups in total. The van der Waals surface area contributed by atoms with Crippen LogP contribution >= 0.6 is 22.6 Å².